The summed E-state index contributed by atoms with van der Waals surface area (Å²) >= 11 is 1.40. The molecule has 7 nitrogen and oxygen atoms in total. The lowest BCUT2D eigenvalue weighted by atomic mass is 10.1. The molecule has 0 spiro atoms. The van der Waals surface area contributed by atoms with E-state index in [9.17, 15) is 9.59 Å². The maximum absolute atomic E-state index is 12.9. The van der Waals surface area contributed by atoms with Crippen molar-refractivity contribution in [3.05, 3.63) is 63.9 Å². The van der Waals surface area contributed by atoms with E-state index < -0.39 is 0 Å². The van der Waals surface area contributed by atoms with Crippen molar-refractivity contribution in [2.75, 3.05) is 17.7 Å². The Balaban J connectivity index is 1.67. The molecule has 0 saturated heterocycles. The molecule has 0 saturated carbocycles. The topological polar surface area (TPSA) is 97.0 Å². The molecular formula is C20H18N4O3S. The number of anilines is 1. The van der Waals surface area contributed by atoms with Crippen molar-refractivity contribution in [1.82, 2.24) is 15.2 Å². The van der Waals surface area contributed by atoms with E-state index in [4.69, 9.17) is 4.74 Å². The number of hydrogen-bond donors (Lipinski definition) is 2. The highest BCUT2D eigenvalue weighted by atomic mass is 32.2. The van der Waals surface area contributed by atoms with Gasteiger partial charge in [-0.3, -0.25) is 14.6 Å². The predicted octanol–water partition coefficient (Wildman–Crippen LogP) is 3.13. The number of nitrogens with one attached hydrogen (secondary N) is 2. The molecule has 2 N–H and O–H groups in total. The molecule has 0 fully saturated rings. The van der Waals surface area contributed by atoms with Gasteiger partial charge in [-0.05, 0) is 23.4 Å². The van der Waals surface area contributed by atoms with Crippen LogP contribution in [-0.4, -0.2) is 33.4 Å². The van der Waals surface area contributed by atoms with Crippen molar-refractivity contribution in [3.63, 3.8) is 0 Å². The molecule has 2 heterocycles. The number of benzene rings is 2. The highest BCUT2D eigenvalue weighted by Crippen LogP contribution is 2.31. The third kappa shape index (κ3) is 3.50. The molecular weight excluding hydrogens is 376 g/mol. The molecule has 4 rings (SSSR count). The Bertz CT molecular complexity index is 1100. The van der Waals surface area contributed by atoms with Crippen LogP contribution in [0.15, 0.2) is 52.4 Å². The summed E-state index contributed by atoms with van der Waals surface area (Å²) in [5.74, 6) is 1.10. The number of carbonyl (C=O) groups is 1. The van der Waals surface area contributed by atoms with Crippen LogP contribution in [0.25, 0.3) is 11.3 Å². The zero-order valence-corrected chi connectivity index (χ0v) is 16.0. The van der Waals surface area contributed by atoms with Gasteiger partial charge < -0.3 is 10.1 Å². The van der Waals surface area contributed by atoms with Crippen LogP contribution in [-0.2, 0) is 6.42 Å². The summed E-state index contributed by atoms with van der Waals surface area (Å²) in [6.07, 6.45) is 0.792. The number of aromatic amines is 1. The molecule has 0 radical (unpaired) electrons. The Hall–Kier alpha value is -3.13. The monoisotopic (exact) mass is 394 g/mol. The average Bonchev–Trinajstić information content (AvgIpc) is 3.18. The summed E-state index contributed by atoms with van der Waals surface area (Å²) in [5, 5.41) is 11.5. The van der Waals surface area contributed by atoms with Crippen LogP contribution >= 0.6 is 11.8 Å². The fourth-order valence-corrected chi connectivity index (χ4v) is 3.62. The maximum atomic E-state index is 12.9. The first-order valence-electron chi connectivity index (χ1n) is 8.92. The number of H-pyrrole nitrogens is 1. The first-order valence-corrected chi connectivity index (χ1v) is 9.91. The van der Waals surface area contributed by atoms with Crippen molar-refractivity contribution in [2.45, 2.75) is 18.5 Å². The summed E-state index contributed by atoms with van der Waals surface area (Å²) in [5.41, 5.74) is 2.29. The molecule has 1 aliphatic rings. The van der Waals surface area contributed by atoms with Gasteiger partial charge in [-0.1, -0.05) is 49.0 Å². The van der Waals surface area contributed by atoms with Crippen LogP contribution < -0.4 is 15.6 Å². The van der Waals surface area contributed by atoms with Crippen LogP contribution in [0.3, 0.4) is 0 Å². The van der Waals surface area contributed by atoms with Crippen molar-refractivity contribution < 1.29 is 9.53 Å². The normalized spacial score (nSPS) is 12.3. The number of fused-ring (bicyclic) bond motifs is 1. The molecule has 0 bridgehead atoms. The second-order valence-corrected chi connectivity index (χ2v) is 7.39. The number of para-hydroxylation sites is 2. The first kappa shape index (κ1) is 18.2. The van der Waals surface area contributed by atoms with Crippen molar-refractivity contribution in [2.24, 2.45) is 0 Å². The van der Waals surface area contributed by atoms with E-state index in [-0.39, 0.29) is 17.2 Å². The van der Waals surface area contributed by atoms with Crippen LogP contribution in [0.2, 0.25) is 0 Å². The molecule has 1 amide bonds. The van der Waals surface area contributed by atoms with Crippen LogP contribution in [0.5, 0.6) is 5.75 Å². The van der Waals surface area contributed by atoms with Gasteiger partial charge in [0.1, 0.15) is 5.75 Å². The third-order valence-electron chi connectivity index (χ3n) is 4.35. The van der Waals surface area contributed by atoms with Gasteiger partial charge in [-0.25, -0.2) is 0 Å². The fourth-order valence-electron chi connectivity index (χ4n) is 3.08. The Morgan fingerprint density at radius 3 is 2.89 bits per heavy atom. The zero-order chi connectivity index (χ0) is 19.5. The van der Waals surface area contributed by atoms with Gasteiger partial charge in [0.05, 0.1) is 17.9 Å². The third-order valence-corrected chi connectivity index (χ3v) is 5.09. The molecule has 1 aromatic heterocycles. The Labute approximate surface area is 165 Å². The van der Waals surface area contributed by atoms with Crippen LogP contribution in [0.1, 0.15) is 22.8 Å². The van der Waals surface area contributed by atoms with E-state index in [0.717, 1.165) is 17.7 Å². The Morgan fingerprint density at radius 2 is 2.07 bits per heavy atom. The lowest BCUT2D eigenvalue weighted by Crippen LogP contribution is -2.17. The second-order valence-electron chi connectivity index (χ2n) is 6.13. The van der Waals surface area contributed by atoms with Crippen molar-refractivity contribution in [3.8, 4) is 17.0 Å². The average molecular weight is 394 g/mol. The Morgan fingerprint density at radius 1 is 1.21 bits per heavy atom. The van der Waals surface area contributed by atoms with Crippen LogP contribution in [0.4, 0.5) is 5.69 Å². The lowest BCUT2D eigenvalue weighted by Gasteiger charge is -2.12. The fraction of sp³-hybridized carbons (Fsp3) is 0.200. The molecule has 28 heavy (non-hydrogen) atoms. The van der Waals surface area contributed by atoms with Gasteiger partial charge in [0.2, 0.25) is 0 Å². The standard InChI is InChI=1S/C20H18N4O3S/c1-2-28-20-22-19(26)16(23-24-20)13-7-3-4-9-15(13)21-18(25)14-8-5-6-12-10-11-27-17(12)14/h3-9H,2,10-11H2,1H3,(H,21,25)(H,22,24,26). The smallest absolute Gasteiger partial charge is 0.278 e. The number of carbonyl (C=O) groups excluding carboxylic acids is 1. The van der Waals surface area contributed by atoms with E-state index in [1.165, 1.54) is 11.8 Å². The zero-order valence-electron chi connectivity index (χ0n) is 15.2. The Kier molecular flexibility index (Phi) is 5.12. The van der Waals surface area contributed by atoms with Gasteiger partial charge >= 0.3 is 0 Å². The highest BCUT2D eigenvalue weighted by Gasteiger charge is 2.21. The first-order chi connectivity index (χ1) is 13.7. The molecule has 8 heteroatoms. The molecule has 3 aromatic rings. The number of amides is 1. The molecule has 2 aromatic carbocycles. The minimum atomic E-state index is -0.350. The summed E-state index contributed by atoms with van der Waals surface area (Å²) in [6, 6.07) is 12.6. The summed E-state index contributed by atoms with van der Waals surface area (Å²) in [6.45, 7) is 2.54. The van der Waals surface area contributed by atoms with Crippen molar-refractivity contribution in [1.29, 1.82) is 0 Å². The lowest BCUT2D eigenvalue weighted by molar-refractivity contribution is 0.102. The molecule has 142 valence electrons. The van der Waals surface area contributed by atoms with Gasteiger partial charge in [-0.2, -0.15) is 0 Å². The minimum absolute atomic E-state index is 0.158. The molecule has 0 unspecified atom stereocenters. The summed E-state index contributed by atoms with van der Waals surface area (Å²) in [4.78, 5) is 28.1. The summed E-state index contributed by atoms with van der Waals surface area (Å²) in [7, 11) is 0. The quantitative estimate of drug-likeness (QED) is 0.646. The maximum Gasteiger partial charge on any atom is 0.278 e. The number of ether oxygens (including phenoxy) is 1. The molecule has 1 aliphatic heterocycles. The van der Waals surface area contributed by atoms with E-state index in [1.807, 2.05) is 19.1 Å². The van der Waals surface area contributed by atoms with E-state index >= 15 is 0 Å². The van der Waals surface area contributed by atoms with Gasteiger partial charge in [0.25, 0.3) is 11.5 Å². The number of aromatic nitrogens is 3. The summed E-state index contributed by atoms with van der Waals surface area (Å²) < 4.78 is 5.62. The van der Waals surface area contributed by atoms with Crippen molar-refractivity contribution >= 4 is 23.4 Å². The van der Waals surface area contributed by atoms with E-state index in [2.05, 4.69) is 20.5 Å². The highest BCUT2D eigenvalue weighted by molar-refractivity contribution is 7.99. The van der Waals surface area contributed by atoms with E-state index in [0.29, 0.717) is 34.3 Å². The molecule has 0 aliphatic carbocycles. The van der Waals surface area contributed by atoms with Crippen LogP contribution in [0, 0.1) is 0 Å². The molecule has 0 atom stereocenters. The number of nitrogens with zero attached hydrogens (tertiary/aromatic N) is 2. The predicted molar refractivity (Wildman–Crippen MR) is 108 cm³/mol. The minimum Gasteiger partial charge on any atom is -0.492 e. The van der Waals surface area contributed by atoms with E-state index in [1.54, 1.807) is 30.3 Å². The number of thioether (sulfide) groups is 1. The second kappa shape index (κ2) is 7.85. The number of rotatable bonds is 5. The van der Waals surface area contributed by atoms with Gasteiger partial charge in [0.15, 0.2) is 10.9 Å². The largest absolute Gasteiger partial charge is 0.492 e. The SMILES string of the molecule is CCSc1nnc(-c2ccccc2NC(=O)c2cccc3c2OCC3)c(=O)[nH]1. The van der Waals surface area contributed by atoms with Gasteiger partial charge in [-0.15, -0.1) is 10.2 Å². The number of hydrogen-bond acceptors (Lipinski definition) is 6. The van der Waals surface area contributed by atoms with Gasteiger partial charge in [0, 0.05) is 12.0 Å².